The summed E-state index contributed by atoms with van der Waals surface area (Å²) in [6.45, 7) is 8.42. The molecule has 0 aliphatic rings. The van der Waals surface area contributed by atoms with Gasteiger partial charge in [-0.05, 0) is 76.9 Å². The molecule has 0 aliphatic heterocycles. The molecule has 0 fully saturated rings. The molecule has 0 radical (unpaired) electrons. The maximum atomic E-state index is 12.5. The zero-order valence-corrected chi connectivity index (χ0v) is 19.9. The van der Waals surface area contributed by atoms with Crippen LogP contribution in [0.2, 0.25) is 0 Å². The van der Waals surface area contributed by atoms with E-state index in [0.29, 0.717) is 46.1 Å². The van der Waals surface area contributed by atoms with Crippen LogP contribution in [0.25, 0.3) is 0 Å². The van der Waals surface area contributed by atoms with Crippen LogP contribution in [0.1, 0.15) is 43.1 Å². The smallest absolute Gasteiger partial charge is 0.257 e. The Morgan fingerprint density at radius 2 is 1.87 bits per heavy atom. The van der Waals surface area contributed by atoms with E-state index >= 15 is 0 Å². The molecule has 0 saturated carbocycles. The summed E-state index contributed by atoms with van der Waals surface area (Å²) in [6.07, 6.45) is 0.391. The molecule has 0 aromatic heterocycles. The van der Waals surface area contributed by atoms with Gasteiger partial charge in [0.05, 0.1) is 11.1 Å². The monoisotopic (exact) mass is 491 g/mol. The normalized spacial score (nSPS) is 10.5. The van der Waals surface area contributed by atoms with Crippen LogP contribution < -0.4 is 20.7 Å². The summed E-state index contributed by atoms with van der Waals surface area (Å²) >= 11 is 8.70. The highest BCUT2D eigenvalue weighted by molar-refractivity contribution is 9.10. The Bertz CT molecular complexity index is 947. The summed E-state index contributed by atoms with van der Waals surface area (Å²) in [7, 11) is 0. The molecule has 6 nitrogen and oxygen atoms in total. The summed E-state index contributed by atoms with van der Waals surface area (Å²) < 4.78 is 6.40. The number of amides is 2. The molecular weight excluding hydrogens is 466 g/mol. The number of benzene rings is 2. The number of hydrogen-bond donors (Lipinski definition) is 3. The van der Waals surface area contributed by atoms with Crippen molar-refractivity contribution in [1.82, 2.24) is 5.32 Å². The van der Waals surface area contributed by atoms with Crippen LogP contribution in [0, 0.1) is 12.8 Å². The van der Waals surface area contributed by atoms with Crippen molar-refractivity contribution in [3.05, 3.63) is 52.0 Å². The van der Waals surface area contributed by atoms with Gasteiger partial charge in [0.2, 0.25) is 5.91 Å². The Hall–Kier alpha value is -2.45. The largest absolute Gasteiger partial charge is 0.492 e. The van der Waals surface area contributed by atoms with Gasteiger partial charge in [-0.15, -0.1) is 0 Å². The maximum Gasteiger partial charge on any atom is 0.257 e. The predicted octanol–water partition coefficient (Wildman–Crippen LogP) is 5.27. The molecule has 2 aromatic carbocycles. The van der Waals surface area contributed by atoms with Gasteiger partial charge in [0, 0.05) is 23.4 Å². The molecule has 0 saturated heterocycles. The van der Waals surface area contributed by atoms with Crippen LogP contribution in [-0.2, 0) is 4.79 Å². The van der Waals surface area contributed by atoms with Crippen molar-refractivity contribution in [3.8, 4) is 5.75 Å². The molecule has 2 aromatic rings. The SMILES string of the molecule is CCC(=O)Nc1cc(NC(=S)NC(=O)c2ccc(OCC(C)C)c(Br)c2)ccc1C. The average molecular weight is 492 g/mol. The first-order valence-corrected chi connectivity index (χ1v) is 10.8. The number of rotatable bonds is 7. The van der Waals surface area contributed by atoms with Crippen LogP contribution in [0.4, 0.5) is 11.4 Å². The number of halogens is 1. The number of nitrogens with one attached hydrogen (secondary N) is 3. The second-order valence-electron chi connectivity index (χ2n) is 7.19. The zero-order chi connectivity index (χ0) is 22.3. The van der Waals surface area contributed by atoms with E-state index < -0.39 is 0 Å². The van der Waals surface area contributed by atoms with Gasteiger partial charge in [0.15, 0.2) is 5.11 Å². The third-order valence-corrected chi connectivity index (χ3v) is 4.91. The average Bonchev–Trinajstić information content (AvgIpc) is 2.69. The molecule has 3 N–H and O–H groups in total. The third-order valence-electron chi connectivity index (χ3n) is 4.08. The molecule has 0 aliphatic carbocycles. The first-order chi connectivity index (χ1) is 14.2. The summed E-state index contributed by atoms with van der Waals surface area (Å²) in [4.78, 5) is 24.2. The van der Waals surface area contributed by atoms with Gasteiger partial charge in [-0.25, -0.2) is 0 Å². The summed E-state index contributed by atoms with van der Waals surface area (Å²) in [5.41, 5.74) is 2.74. The lowest BCUT2D eigenvalue weighted by atomic mass is 10.1. The Kier molecular flexibility index (Phi) is 8.80. The maximum absolute atomic E-state index is 12.5. The van der Waals surface area contributed by atoms with Gasteiger partial charge in [-0.1, -0.05) is 26.8 Å². The van der Waals surface area contributed by atoms with Crippen molar-refractivity contribution in [1.29, 1.82) is 0 Å². The minimum atomic E-state index is -0.338. The van der Waals surface area contributed by atoms with E-state index in [1.807, 2.05) is 19.1 Å². The lowest BCUT2D eigenvalue weighted by Crippen LogP contribution is -2.34. The number of thiocarbonyl (C=S) groups is 1. The molecule has 0 bridgehead atoms. The van der Waals surface area contributed by atoms with E-state index in [-0.39, 0.29) is 16.9 Å². The number of hydrogen-bond acceptors (Lipinski definition) is 4. The standard InChI is InChI=1S/C22H26BrN3O3S/c1-5-20(27)25-18-11-16(8-6-14(18)4)24-22(30)26-21(28)15-7-9-19(17(23)10-15)29-12-13(2)3/h6-11,13H,5,12H2,1-4H3,(H,25,27)(H2,24,26,28,30). The second kappa shape index (κ2) is 11.1. The van der Waals surface area contributed by atoms with Crippen LogP contribution in [-0.4, -0.2) is 23.5 Å². The highest BCUT2D eigenvalue weighted by Gasteiger charge is 2.12. The van der Waals surface area contributed by atoms with Crippen molar-refractivity contribution in [2.75, 3.05) is 17.2 Å². The number of aryl methyl sites for hydroxylation is 1. The minimum absolute atomic E-state index is 0.0717. The number of ether oxygens (including phenoxy) is 1. The molecule has 0 unspecified atom stereocenters. The Morgan fingerprint density at radius 1 is 1.13 bits per heavy atom. The van der Waals surface area contributed by atoms with Crippen LogP contribution in [0.5, 0.6) is 5.75 Å². The quantitative estimate of drug-likeness (QED) is 0.459. The fourth-order valence-corrected chi connectivity index (χ4v) is 3.13. The Balaban J connectivity index is 2.01. The van der Waals surface area contributed by atoms with Crippen molar-refractivity contribution >= 4 is 56.4 Å². The van der Waals surface area contributed by atoms with Crippen LogP contribution in [0.15, 0.2) is 40.9 Å². The molecular formula is C22H26BrN3O3S. The zero-order valence-electron chi connectivity index (χ0n) is 17.5. The molecule has 0 atom stereocenters. The van der Waals surface area contributed by atoms with E-state index in [4.69, 9.17) is 17.0 Å². The summed E-state index contributed by atoms with van der Waals surface area (Å²) in [6, 6.07) is 10.6. The van der Waals surface area contributed by atoms with Gasteiger partial charge < -0.3 is 15.4 Å². The molecule has 8 heteroatoms. The van der Waals surface area contributed by atoms with E-state index in [1.165, 1.54) is 0 Å². The second-order valence-corrected chi connectivity index (χ2v) is 8.45. The Morgan fingerprint density at radius 3 is 2.50 bits per heavy atom. The predicted molar refractivity (Wildman–Crippen MR) is 128 cm³/mol. The van der Waals surface area contributed by atoms with Gasteiger partial charge in [-0.3, -0.25) is 14.9 Å². The Labute approximate surface area is 190 Å². The lowest BCUT2D eigenvalue weighted by molar-refractivity contribution is -0.115. The number of carbonyl (C=O) groups excluding carboxylic acids is 2. The molecule has 0 spiro atoms. The fraction of sp³-hybridized carbons (Fsp3) is 0.318. The molecule has 0 heterocycles. The molecule has 160 valence electrons. The number of carbonyl (C=O) groups is 2. The first kappa shape index (κ1) is 23.8. The summed E-state index contributed by atoms with van der Waals surface area (Å²) in [5, 5.41) is 8.63. The molecule has 2 rings (SSSR count). The van der Waals surface area contributed by atoms with E-state index in [2.05, 4.69) is 45.7 Å². The van der Waals surface area contributed by atoms with Gasteiger partial charge in [0.25, 0.3) is 5.91 Å². The summed E-state index contributed by atoms with van der Waals surface area (Å²) in [5.74, 6) is 0.677. The third kappa shape index (κ3) is 7.11. The van der Waals surface area contributed by atoms with Crippen molar-refractivity contribution in [3.63, 3.8) is 0 Å². The number of anilines is 2. The lowest BCUT2D eigenvalue weighted by Gasteiger charge is -2.14. The van der Waals surface area contributed by atoms with Crippen molar-refractivity contribution in [2.45, 2.75) is 34.1 Å². The molecule has 2 amide bonds. The highest BCUT2D eigenvalue weighted by atomic mass is 79.9. The van der Waals surface area contributed by atoms with Gasteiger partial charge in [-0.2, -0.15) is 0 Å². The van der Waals surface area contributed by atoms with E-state index in [1.54, 1.807) is 31.2 Å². The fourth-order valence-electron chi connectivity index (χ4n) is 2.43. The van der Waals surface area contributed by atoms with Gasteiger partial charge >= 0.3 is 0 Å². The van der Waals surface area contributed by atoms with E-state index in [9.17, 15) is 9.59 Å². The van der Waals surface area contributed by atoms with E-state index in [0.717, 1.165) is 5.56 Å². The minimum Gasteiger partial charge on any atom is -0.492 e. The van der Waals surface area contributed by atoms with Crippen molar-refractivity contribution < 1.29 is 14.3 Å². The van der Waals surface area contributed by atoms with Crippen molar-refractivity contribution in [2.24, 2.45) is 5.92 Å². The molecule has 30 heavy (non-hydrogen) atoms. The van der Waals surface area contributed by atoms with Gasteiger partial charge in [0.1, 0.15) is 5.75 Å². The van der Waals surface area contributed by atoms with Crippen LogP contribution in [0.3, 0.4) is 0 Å². The first-order valence-electron chi connectivity index (χ1n) is 9.64. The topological polar surface area (TPSA) is 79.5 Å². The van der Waals surface area contributed by atoms with Crippen LogP contribution >= 0.6 is 28.1 Å². The highest BCUT2D eigenvalue weighted by Crippen LogP contribution is 2.26.